The molecule has 0 saturated carbocycles. The van der Waals surface area contributed by atoms with Crippen LogP contribution in [-0.2, 0) is 0 Å². The Morgan fingerprint density at radius 2 is 2.15 bits per heavy atom. The number of halogens is 1. The second kappa shape index (κ2) is 7.35. The Morgan fingerprint density at radius 3 is 2.80 bits per heavy atom. The Kier molecular flexibility index (Phi) is 5.49. The van der Waals surface area contributed by atoms with E-state index in [-0.39, 0.29) is 12.4 Å². The fraction of sp³-hybridized carbons (Fsp3) is 0.462. The van der Waals surface area contributed by atoms with Crippen LogP contribution in [-0.4, -0.2) is 35.3 Å². The molecule has 1 aromatic rings. The van der Waals surface area contributed by atoms with Crippen LogP contribution in [0.2, 0.25) is 0 Å². The van der Waals surface area contributed by atoms with E-state index in [0.29, 0.717) is 0 Å². The monoisotopic (exact) mass is 340 g/mol. The molecule has 0 aliphatic carbocycles. The van der Waals surface area contributed by atoms with Crippen LogP contribution in [0.5, 0.6) is 0 Å². The van der Waals surface area contributed by atoms with Gasteiger partial charge in [-0.3, -0.25) is 4.90 Å². The number of anilines is 1. The van der Waals surface area contributed by atoms with Crippen LogP contribution < -0.4 is 5.43 Å². The minimum atomic E-state index is -0.417. The third-order valence-electron chi connectivity index (χ3n) is 3.16. The van der Waals surface area contributed by atoms with Crippen molar-refractivity contribution >= 4 is 27.5 Å². The zero-order chi connectivity index (χ0) is 14.4. The standard InChI is InChI=1S/C13H17BrN4O2/c14-11-5-4-6-12(9-11)15-16-13(18(19)20)10-17-7-2-1-3-8-17/h4-6,9,15H,1-3,7-8,10H2. The topological polar surface area (TPSA) is 70.8 Å². The van der Waals surface area contributed by atoms with Gasteiger partial charge in [-0.15, -0.1) is 0 Å². The molecule has 1 fully saturated rings. The van der Waals surface area contributed by atoms with Crippen molar-refractivity contribution in [2.45, 2.75) is 19.3 Å². The van der Waals surface area contributed by atoms with E-state index in [9.17, 15) is 10.1 Å². The van der Waals surface area contributed by atoms with Gasteiger partial charge in [-0.2, -0.15) is 5.43 Å². The zero-order valence-corrected chi connectivity index (χ0v) is 12.7. The highest BCUT2D eigenvalue weighted by molar-refractivity contribution is 9.10. The molecule has 2 rings (SSSR count). The van der Waals surface area contributed by atoms with Crippen LogP contribution >= 0.6 is 15.9 Å². The number of amidine groups is 1. The van der Waals surface area contributed by atoms with Gasteiger partial charge in [-0.25, -0.2) is 0 Å². The first-order valence-electron chi connectivity index (χ1n) is 6.60. The van der Waals surface area contributed by atoms with Gasteiger partial charge in [0.1, 0.15) is 6.54 Å². The zero-order valence-electron chi connectivity index (χ0n) is 11.1. The van der Waals surface area contributed by atoms with Crippen LogP contribution in [0, 0.1) is 10.1 Å². The molecular formula is C13H17BrN4O2. The predicted octanol–water partition coefficient (Wildman–Crippen LogP) is 2.94. The molecule has 20 heavy (non-hydrogen) atoms. The molecule has 1 heterocycles. The summed E-state index contributed by atoms with van der Waals surface area (Å²) in [6, 6.07) is 7.37. The van der Waals surface area contributed by atoms with Crippen molar-refractivity contribution in [2.24, 2.45) is 5.10 Å². The van der Waals surface area contributed by atoms with Gasteiger partial charge in [0, 0.05) is 4.47 Å². The SMILES string of the molecule is O=[N+]([O-])C(CN1CCCCC1)=NNc1cccc(Br)c1. The molecule has 0 radical (unpaired) electrons. The van der Waals surface area contributed by atoms with E-state index < -0.39 is 4.92 Å². The van der Waals surface area contributed by atoms with Crippen molar-refractivity contribution in [3.8, 4) is 0 Å². The molecule has 7 heteroatoms. The average Bonchev–Trinajstić information content (AvgIpc) is 2.44. The van der Waals surface area contributed by atoms with Gasteiger partial charge in [0.05, 0.1) is 10.8 Å². The molecule has 0 unspecified atom stereocenters. The molecular weight excluding hydrogens is 324 g/mol. The van der Waals surface area contributed by atoms with E-state index in [1.165, 1.54) is 6.42 Å². The normalized spacial score (nSPS) is 16.9. The van der Waals surface area contributed by atoms with Crippen molar-refractivity contribution in [3.05, 3.63) is 38.9 Å². The molecule has 108 valence electrons. The van der Waals surface area contributed by atoms with Crippen molar-refractivity contribution in [1.82, 2.24) is 4.90 Å². The molecule has 0 amide bonds. The lowest BCUT2D eigenvalue weighted by Gasteiger charge is -2.24. The highest BCUT2D eigenvalue weighted by Gasteiger charge is 2.20. The van der Waals surface area contributed by atoms with Gasteiger partial charge in [-0.05, 0) is 49.1 Å². The molecule has 1 N–H and O–H groups in total. The summed E-state index contributed by atoms with van der Waals surface area (Å²) < 4.78 is 0.899. The van der Waals surface area contributed by atoms with Gasteiger partial charge < -0.3 is 10.1 Å². The number of hydrogen-bond acceptors (Lipinski definition) is 5. The summed E-state index contributed by atoms with van der Waals surface area (Å²) in [7, 11) is 0. The summed E-state index contributed by atoms with van der Waals surface area (Å²) in [5, 5.41) is 15.0. The molecule has 0 aromatic heterocycles. The third-order valence-corrected chi connectivity index (χ3v) is 3.66. The summed E-state index contributed by atoms with van der Waals surface area (Å²) in [6.45, 7) is 2.10. The van der Waals surface area contributed by atoms with E-state index in [1.54, 1.807) is 0 Å². The highest BCUT2D eigenvalue weighted by Crippen LogP contribution is 2.15. The summed E-state index contributed by atoms with van der Waals surface area (Å²) in [6.07, 6.45) is 3.41. The van der Waals surface area contributed by atoms with Crippen LogP contribution in [0.4, 0.5) is 5.69 Å². The maximum Gasteiger partial charge on any atom is 0.377 e. The quantitative estimate of drug-likeness (QED) is 0.396. The van der Waals surface area contributed by atoms with E-state index in [1.807, 2.05) is 24.3 Å². The van der Waals surface area contributed by atoms with Crippen LogP contribution in [0.25, 0.3) is 0 Å². The third kappa shape index (κ3) is 4.57. The number of rotatable bonds is 4. The summed E-state index contributed by atoms with van der Waals surface area (Å²) in [5.41, 5.74) is 3.47. The maximum atomic E-state index is 11.1. The lowest BCUT2D eigenvalue weighted by Crippen LogP contribution is -2.37. The molecule has 0 atom stereocenters. The van der Waals surface area contributed by atoms with Gasteiger partial charge in [0.15, 0.2) is 0 Å². The molecule has 1 saturated heterocycles. The molecule has 1 aliphatic rings. The van der Waals surface area contributed by atoms with Gasteiger partial charge in [0.2, 0.25) is 0 Å². The number of piperidine rings is 1. The summed E-state index contributed by atoms with van der Waals surface area (Å²) in [5.74, 6) is -0.0492. The number of benzene rings is 1. The molecule has 0 bridgehead atoms. The van der Waals surface area contributed by atoms with E-state index in [0.717, 1.165) is 36.1 Å². The van der Waals surface area contributed by atoms with Crippen LogP contribution in [0.1, 0.15) is 19.3 Å². The first-order valence-corrected chi connectivity index (χ1v) is 7.39. The lowest BCUT2D eigenvalue weighted by atomic mass is 10.1. The lowest BCUT2D eigenvalue weighted by molar-refractivity contribution is -0.353. The van der Waals surface area contributed by atoms with Crippen LogP contribution in [0.3, 0.4) is 0 Å². The number of likely N-dealkylation sites (tertiary alicyclic amines) is 1. The Bertz CT molecular complexity index is 501. The van der Waals surface area contributed by atoms with Crippen molar-refractivity contribution in [1.29, 1.82) is 0 Å². The summed E-state index contributed by atoms with van der Waals surface area (Å²) >= 11 is 3.35. The van der Waals surface area contributed by atoms with E-state index in [2.05, 4.69) is 31.4 Å². The minimum absolute atomic E-state index is 0.0492. The Labute approximate surface area is 126 Å². The fourth-order valence-corrected chi connectivity index (χ4v) is 2.54. The number of nitro groups is 1. The summed E-state index contributed by atoms with van der Waals surface area (Å²) in [4.78, 5) is 12.7. The Balaban J connectivity index is 2.00. The van der Waals surface area contributed by atoms with Crippen molar-refractivity contribution < 1.29 is 4.92 Å². The number of hydrazone groups is 1. The maximum absolute atomic E-state index is 11.1. The largest absolute Gasteiger partial charge is 0.377 e. The molecule has 1 aliphatic heterocycles. The average molecular weight is 341 g/mol. The molecule has 0 spiro atoms. The van der Waals surface area contributed by atoms with Gasteiger partial charge >= 0.3 is 5.84 Å². The first kappa shape index (κ1) is 14.9. The highest BCUT2D eigenvalue weighted by atomic mass is 79.9. The van der Waals surface area contributed by atoms with Crippen LogP contribution in [0.15, 0.2) is 33.8 Å². The Morgan fingerprint density at radius 1 is 1.40 bits per heavy atom. The van der Waals surface area contributed by atoms with Gasteiger partial charge in [-0.1, -0.05) is 28.4 Å². The van der Waals surface area contributed by atoms with E-state index in [4.69, 9.17) is 0 Å². The number of nitrogens with zero attached hydrogens (tertiary/aromatic N) is 3. The molecule has 6 nitrogen and oxygen atoms in total. The number of nitrogens with one attached hydrogen (secondary N) is 1. The second-order valence-electron chi connectivity index (χ2n) is 4.74. The molecule has 1 aromatic carbocycles. The number of hydrogen-bond donors (Lipinski definition) is 1. The van der Waals surface area contributed by atoms with Crippen molar-refractivity contribution in [2.75, 3.05) is 25.1 Å². The fourth-order valence-electron chi connectivity index (χ4n) is 2.14. The van der Waals surface area contributed by atoms with Crippen molar-refractivity contribution in [3.63, 3.8) is 0 Å². The first-order chi connectivity index (χ1) is 9.65. The Hall–Kier alpha value is -1.47. The minimum Gasteiger partial charge on any atom is -0.358 e. The van der Waals surface area contributed by atoms with E-state index >= 15 is 0 Å². The van der Waals surface area contributed by atoms with Gasteiger partial charge in [0.25, 0.3) is 0 Å². The smallest absolute Gasteiger partial charge is 0.358 e. The predicted molar refractivity (Wildman–Crippen MR) is 82.5 cm³/mol. The second-order valence-corrected chi connectivity index (χ2v) is 5.66.